The summed E-state index contributed by atoms with van der Waals surface area (Å²) in [4.78, 5) is 37.3. The van der Waals surface area contributed by atoms with Crippen LogP contribution in [0.1, 0.15) is 29.7 Å². The molecule has 5 N–H and O–H groups in total. The van der Waals surface area contributed by atoms with Gasteiger partial charge in [0, 0.05) is 11.8 Å². The lowest BCUT2D eigenvalue weighted by atomic mass is 10.1. The Hall–Kier alpha value is -2.08. The van der Waals surface area contributed by atoms with E-state index >= 15 is 4.39 Å². The number of halogens is 1. The number of hydrogen-bond acceptors (Lipinski definition) is 8. The Bertz CT molecular complexity index is 923. The number of nitrogens with one attached hydrogen (secondary N) is 1. The number of H-pyrrole nitrogens is 1. The Labute approximate surface area is 151 Å². The number of alkyl halides is 1. The Morgan fingerprint density at radius 1 is 1.62 bits per heavy atom. The van der Waals surface area contributed by atoms with Gasteiger partial charge in [-0.05, 0) is 12.8 Å². The molecule has 0 unspecified atom stereocenters. The number of carbonyl (C=O) groups is 1. The van der Waals surface area contributed by atoms with E-state index in [0.29, 0.717) is 0 Å². The summed E-state index contributed by atoms with van der Waals surface area (Å²) < 4.78 is 48.5. The van der Waals surface area contributed by atoms with Crippen LogP contribution in [0.25, 0.3) is 0 Å². The second-order valence-electron chi connectivity index (χ2n) is 6.21. The number of nitrogens with two attached hydrogens (primary N) is 1. The Balaban J connectivity index is 2.48. The summed E-state index contributed by atoms with van der Waals surface area (Å²) in [7, 11) is 0. The van der Waals surface area contributed by atoms with E-state index in [4.69, 9.17) is 9.85 Å². The van der Waals surface area contributed by atoms with Gasteiger partial charge < -0.3 is 25.4 Å². The van der Waals surface area contributed by atoms with Gasteiger partial charge in [-0.3, -0.25) is 19.1 Å². The van der Waals surface area contributed by atoms with E-state index in [0.717, 1.165) is 6.20 Å². The number of rotatable bonds is 5. The maximum Gasteiger partial charge on any atom is 0.330 e. The molecule has 2 heterocycles. The average Bonchev–Trinajstić information content (AvgIpc) is 2.79. The third-order valence-corrected chi connectivity index (χ3v) is 3.82. The van der Waals surface area contributed by atoms with Gasteiger partial charge in [-0.15, -0.1) is 0 Å². The molecule has 10 nitrogen and oxygen atoms in total. The molecule has 11 heteroatoms. The van der Waals surface area contributed by atoms with Crippen LogP contribution in [0.2, 0.25) is 0 Å². The predicted octanol–water partition coefficient (Wildman–Crippen LogP) is -1.71. The zero-order chi connectivity index (χ0) is 22.5. The fourth-order valence-corrected chi connectivity index (χ4v) is 2.07. The van der Waals surface area contributed by atoms with Crippen LogP contribution in [-0.2, 0) is 14.3 Å². The fraction of sp³-hybridized carbons (Fsp3) is 0.667. The molecule has 0 spiro atoms. The molecule has 0 amide bonds. The van der Waals surface area contributed by atoms with Gasteiger partial charge in [-0.1, -0.05) is 13.8 Å². The third kappa shape index (κ3) is 3.70. The van der Waals surface area contributed by atoms with Gasteiger partial charge in [0.2, 0.25) is 0 Å². The number of aliphatic hydroxyl groups excluding tert-OH is 2. The first kappa shape index (κ1) is 16.1. The van der Waals surface area contributed by atoms with Gasteiger partial charge in [0.25, 0.3) is 11.4 Å². The largest absolute Gasteiger partial charge is 0.458 e. The molecule has 1 aromatic rings. The SMILES string of the molecule is [2H]C([2H])(OC(=O)[C@@H](N)C(C)C)[C@@]1(F)O[C@@]([2H])(n2cc(C)c(=O)[nH]c2=O)[C@H](O)[C@@H]1O. The molecule has 1 fully saturated rings. The first-order chi connectivity index (χ1) is 13.1. The highest BCUT2D eigenvalue weighted by Gasteiger charge is 2.57. The molecule has 26 heavy (non-hydrogen) atoms. The standard InChI is InChI=1S/C15H22FN3O7/c1-6(2)8(17)13(23)25-5-15(16)10(21)9(20)12(26-15)19-4-7(3)11(22)18-14(19)24/h4,6,8-10,12,20-21H,5,17H2,1-3H3,(H,18,22,24)/t8-,9+,10-,12+,15+/m0/s1/i5D2,12D. The second kappa shape index (κ2) is 7.27. The predicted molar refractivity (Wildman–Crippen MR) is 85.8 cm³/mol. The van der Waals surface area contributed by atoms with Crippen molar-refractivity contribution in [1.29, 1.82) is 0 Å². The minimum Gasteiger partial charge on any atom is -0.458 e. The van der Waals surface area contributed by atoms with Gasteiger partial charge in [0.1, 0.15) is 18.2 Å². The number of esters is 1. The monoisotopic (exact) mass is 378 g/mol. The zero-order valence-electron chi connectivity index (χ0n) is 17.2. The summed E-state index contributed by atoms with van der Waals surface area (Å²) in [5, 5.41) is 20.3. The van der Waals surface area contributed by atoms with E-state index in [1.54, 1.807) is 0 Å². The highest BCUT2D eigenvalue weighted by Crippen LogP contribution is 2.38. The summed E-state index contributed by atoms with van der Waals surface area (Å²) >= 11 is 0. The Kier molecular flexibility index (Phi) is 4.51. The lowest BCUT2D eigenvalue weighted by Crippen LogP contribution is -2.46. The van der Waals surface area contributed by atoms with Crippen molar-refractivity contribution >= 4 is 5.97 Å². The van der Waals surface area contributed by atoms with E-state index in [1.165, 1.54) is 20.8 Å². The molecule has 1 aliphatic rings. The lowest BCUT2D eigenvalue weighted by molar-refractivity contribution is -0.217. The van der Waals surface area contributed by atoms with Crippen molar-refractivity contribution < 1.29 is 33.0 Å². The van der Waals surface area contributed by atoms with E-state index in [-0.39, 0.29) is 10.1 Å². The van der Waals surface area contributed by atoms with Crippen LogP contribution in [0.5, 0.6) is 0 Å². The molecule has 0 aliphatic carbocycles. The van der Waals surface area contributed by atoms with Crippen LogP contribution < -0.4 is 17.0 Å². The van der Waals surface area contributed by atoms with Crippen molar-refractivity contribution in [2.45, 2.75) is 51.1 Å². The van der Waals surface area contributed by atoms with Gasteiger partial charge in [-0.2, -0.15) is 0 Å². The van der Waals surface area contributed by atoms with E-state index in [2.05, 4.69) is 9.47 Å². The highest BCUT2D eigenvalue weighted by atomic mass is 19.2. The number of aromatic nitrogens is 2. The van der Waals surface area contributed by atoms with E-state index in [1.807, 2.05) is 4.98 Å². The van der Waals surface area contributed by atoms with Crippen LogP contribution in [0, 0.1) is 12.8 Å². The smallest absolute Gasteiger partial charge is 0.330 e. The molecule has 146 valence electrons. The first-order valence-electron chi connectivity index (χ1n) is 9.15. The molecule has 0 saturated carbocycles. The second-order valence-corrected chi connectivity index (χ2v) is 6.21. The van der Waals surface area contributed by atoms with Crippen molar-refractivity contribution in [1.82, 2.24) is 9.55 Å². The number of aromatic amines is 1. The van der Waals surface area contributed by atoms with Crippen molar-refractivity contribution in [2.24, 2.45) is 11.7 Å². The third-order valence-electron chi connectivity index (χ3n) is 3.82. The quantitative estimate of drug-likeness (QED) is 0.441. The Morgan fingerprint density at radius 3 is 2.81 bits per heavy atom. The van der Waals surface area contributed by atoms with Crippen molar-refractivity contribution in [3.8, 4) is 0 Å². The van der Waals surface area contributed by atoms with Gasteiger partial charge in [0.05, 0.1) is 4.11 Å². The number of aryl methyl sites for hydroxylation is 1. The molecule has 0 aromatic carbocycles. The van der Waals surface area contributed by atoms with Crippen LogP contribution in [-0.4, -0.2) is 56.4 Å². The van der Waals surface area contributed by atoms with E-state index < -0.39 is 60.0 Å². The van der Waals surface area contributed by atoms with Crippen LogP contribution >= 0.6 is 0 Å². The summed E-state index contributed by atoms with van der Waals surface area (Å²) in [5.41, 5.74) is 3.31. The zero-order valence-corrected chi connectivity index (χ0v) is 14.2. The highest BCUT2D eigenvalue weighted by molar-refractivity contribution is 5.75. The Morgan fingerprint density at radius 2 is 2.23 bits per heavy atom. The first-order valence-corrected chi connectivity index (χ1v) is 7.65. The maximum atomic E-state index is 15.4. The minimum absolute atomic E-state index is 0.116. The molecule has 1 saturated heterocycles. The van der Waals surface area contributed by atoms with Crippen LogP contribution in [0.3, 0.4) is 0 Å². The van der Waals surface area contributed by atoms with Crippen LogP contribution in [0.15, 0.2) is 15.8 Å². The van der Waals surface area contributed by atoms with Crippen molar-refractivity contribution in [2.75, 3.05) is 6.56 Å². The molecular formula is C15H22FN3O7. The van der Waals surface area contributed by atoms with Gasteiger partial charge in [-0.25, -0.2) is 9.18 Å². The number of hydrogen-bond donors (Lipinski definition) is 4. The number of carbonyl (C=O) groups excluding carboxylic acids is 1. The molecule has 1 aliphatic heterocycles. The van der Waals surface area contributed by atoms with Crippen LogP contribution in [0.4, 0.5) is 4.39 Å². The van der Waals surface area contributed by atoms with Crippen molar-refractivity contribution in [3.63, 3.8) is 0 Å². The molecule has 2 rings (SSSR count). The molecule has 1 aromatic heterocycles. The van der Waals surface area contributed by atoms with Gasteiger partial charge in [0.15, 0.2) is 12.8 Å². The maximum absolute atomic E-state index is 15.4. The summed E-state index contributed by atoms with van der Waals surface area (Å²) in [6.07, 6.45) is -7.59. The fourth-order valence-electron chi connectivity index (χ4n) is 2.07. The normalized spacial score (nSPS) is 34.8. The topological polar surface area (TPSA) is 157 Å². The average molecular weight is 378 g/mol. The summed E-state index contributed by atoms with van der Waals surface area (Å²) in [5.74, 6) is -5.80. The van der Waals surface area contributed by atoms with Gasteiger partial charge >= 0.3 is 11.7 Å². The number of nitrogens with zero attached hydrogens (tertiary/aromatic N) is 1. The molecule has 0 bridgehead atoms. The molecule has 0 radical (unpaired) electrons. The number of aliphatic hydroxyl groups is 2. The van der Waals surface area contributed by atoms with Crippen molar-refractivity contribution in [3.05, 3.63) is 32.6 Å². The summed E-state index contributed by atoms with van der Waals surface area (Å²) in [6.45, 7) is 0.585. The molecular weight excluding hydrogens is 353 g/mol. The summed E-state index contributed by atoms with van der Waals surface area (Å²) in [6, 6.07) is -1.33. The van der Waals surface area contributed by atoms with E-state index in [9.17, 15) is 24.6 Å². The minimum atomic E-state index is -3.95. The number of ether oxygens (including phenoxy) is 2. The lowest BCUT2D eigenvalue weighted by Gasteiger charge is -2.24. The molecule has 5 atom stereocenters.